The van der Waals surface area contributed by atoms with Crippen molar-refractivity contribution in [2.45, 2.75) is 13.0 Å². The van der Waals surface area contributed by atoms with Gasteiger partial charge in [0.15, 0.2) is 5.78 Å². The summed E-state index contributed by atoms with van der Waals surface area (Å²) in [5.74, 6) is -0.196. The van der Waals surface area contributed by atoms with E-state index in [0.29, 0.717) is 41.6 Å². The summed E-state index contributed by atoms with van der Waals surface area (Å²) in [5.41, 5.74) is 1.69. The molecule has 1 aliphatic rings. The summed E-state index contributed by atoms with van der Waals surface area (Å²) in [4.78, 5) is 40.0. The van der Waals surface area contributed by atoms with Crippen LogP contribution in [0.2, 0.25) is 0 Å². The second-order valence-corrected chi connectivity index (χ2v) is 7.06. The molecule has 1 aliphatic heterocycles. The third kappa shape index (κ3) is 3.84. The van der Waals surface area contributed by atoms with E-state index in [1.807, 2.05) is 4.90 Å². The maximum atomic E-state index is 13.4. The lowest BCUT2D eigenvalue weighted by Crippen LogP contribution is -2.48. The van der Waals surface area contributed by atoms with Gasteiger partial charge in [0.05, 0.1) is 24.5 Å². The third-order valence-electron chi connectivity index (χ3n) is 5.05. The molecule has 1 unspecified atom stereocenters. The molecule has 0 radical (unpaired) electrons. The Morgan fingerprint density at radius 2 is 2.07 bits per heavy atom. The Morgan fingerprint density at radius 1 is 1.23 bits per heavy atom. The van der Waals surface area contributed by atoms with E-state index in [9.17, 15) is 14.0 Å². The van der Waals surface area contributed by atoms with Crippen LogP contribution in [0.5, 0.6) is 0 Å². The molecule has 2 aromatic heterocycles. The molecule has 4 rings (SSSR count). The van der Waals surface area contributed by atoms with Crippen molar-refractivity contribution >= 4 is 11.7 Å². The predicted molar refractivity (Wildman–Crippen MR) is 108 cm³/mol. The Labute approximate surface area is 172 Å². The highest BCUT2D eigenvalue weighted by Gasteiger charge is 2.30. The number of hydrogen-bond donors (Lipinski definition) is 0. The summed E-state index contributed by atoms with van der Waals surface area (Å²) < 4.78 is 20.5. The van der Waals surface area contributed by atoms with Gasteiger partial charge < -0.3 is 9.64 Å². The fraction of sp³-hybridized carbons (Fsp3) is 0.286. The van der Waals surface area contributed by atoms with Gasteiger partial charge in [0.1, 0.15) is 18.2 Å². The number of ether oxygens (including phenoxy) is 1. The van der Waals surface area contributed by atoms with E-state index >= 15 is 0 Å². The zero-order valence-electron chi connectivity index (χ0n) is 16.6. The maximum Gasteiger partial charge on any atom is 0.255 e. The lowest BCUT2D eigenvalue weighted by molar-refractivity contribution is 0.0336. The standard InChI is InChI=1S/C21H20FN5O3/c1-13-9-14(22)3-4-15(13)20(29)18-11-27(7-8-30-18)21-25-17(10-19(28)26(21)2)16-5-6-23-12-24-16/h3-6,9-10,12,18H,7-8,11H2,1-2H3. The summed E-state index contributed by atoms with van der Waals surface area (Å²) >= 11 is 0. The van der Waals surface area contributed by atoms with E-state index in [2.05, 4.69) is 15.0 Å². The van der Waals surface area contributed by atoms with E-state index in [4.69, 9.17) is 4.74 Å². The predicted octanol–water partition coefficient (Wildman–Crippen LogP) is 1.77. The van der Waals surface area contributed by atoms with Gasteiger partial charge in [0.2, 0.25) is 5.95 Å². The van der Waals surface area contributed by atoms with Crippen molar-refractivity contribution in [1.82, 2.24) is 19.5 Å². The average molecular weight is 409 g/mol. The number of anilines is 1. The van der Waals surface area contributed by atoms with Gasteiger partial charge in [-0.15, -0.1) is 0 Å². The van der Waals surface area contributed by atoms with Gasteiger partial charge in [-0.25, -0.2) is 19.3 Å². The number of halogens is 1. The van der Waals surface area contributed by atoms with Crippen molar-refractivity contribution in [3.63, 3.8) is 0 Å². The van der Waals surface area contributed by atoms with Crippen molar-refractivity contribution in [2.75, 3.05) is 24.6 Å². The summed E-state index contributed by atoms with van der Waals surface area (Å²) in [6, 6.07) is 7.14. The second kappa shape index (κ2) is 8.11. The van der Waals surface area contributed by atoms with Crippen LogP contribution in [-0.2, 0) is 11.8 Å². The normalized spacial score (nSPS) is 16.5. The molecule has 1 atom stereocenters. The van der Waals surface area contributed by atoms with E-state index < -0.39 is 11.9 Å². The number of aryl methyl sites for hydroxylation is 1. The molecule has 8 nitrogen and oxygen atoms in total. The first-order chi connectivity index (χ1) is 14.4. The first kappa shape index (κ1) is 19.8. The Balaban J connectivity index is 1.64. The van der Waals surface area contributed by atoms with Crippen molar-refractivity contribution in [3.05, 3.63) is 70.2 Å². The minimum absolute atomic E-state index is 0.225. The van der Waals surface area contributed by atoms with Gasteiger partial charge in [-0.3, -0.25) is 14.2 Å². The van der Waals surface area contributed by atoms with Crippen LogP contribution < -0.4 is 10.5 Å². The van der Waals surface area contributed by atoms with Crippen LogP contribution in [0, 0.1) is 12.7 Å². The Kier molecular flexibility index (Phi) is 5.37. The fourth-order valence-corrected chi connectivity index (χ4v) is 3.45. The van der Waals surface area contributed by atoms with Crippen molar-refractivity contribution < 1.29 is 13.9 Å². The van der Waals surface area contributed by atoms with Crippen LogP contribution >= 0.6 is 0 Å². The summed E-state index contributed by atoms with van der Waals surface area (Å²) in [6.07, 6.45) is 2.22. The van der Waals surface area contributed by atoms with Gasteiger partial charge in [-0.05, 0) is 36.8 Å². The molecule has 3 aromatic rings. The smallest absolute Gasteiger partial charge is 0.255 e. The van der Waals surface area contributed by atoms with Gasteiger partial charge in [-0.1, -0.05) is 0 Å². The number of rotatable bonds is 4. The number of aromatic nitrogens is 4. The molecule has 1 saturated heterocycles. The van der Waals surface area contributed by atoms with E-state index in [1.165, 1.54) is 35.2 Å². The lowest BCUT2D eigenvalue weighted by atomic mass is 10.00. The van der Waals surface area contributed by atoms with E-state index in [1.54, 1.807) is 26.2 Å². The Bertz CT molecular complexity index is 1150. The number of morpholine rings is 1. The molecule has 0 N–H and O–H groups in total. The number of hydrogen-bond acceptors (Lipinski definition) is 7. The van der Waals surface area contributed by atoms with Crippen LogP contribution in [0.1, 0.15) is 15.9 Å². The molecule has 0 spiro atoms. The molecular weight excluding hydrogens is 389 g/mol. The number of Topliss-reactive ketones (excluding diaryl/α,β-unsaturated/α-hetero) is 1. The molecule has 3 heterocycles. The van der Waals surface area contributed by atoms with Crippen LogP contribution in [0.4, 0.5) is 10.3 Å². The first-order valence-electron chi connectivity index (χ1n) is 9.45. The van der Waals surface area contributed by atoms with Crippen molar-refractivity contribution in [3.8, 4) is 11.4 Å². The molecule has 0 bridgehead atoms. The summed E-state index contributed by atoms with van der Waals surface area (Å²) in [5, 5.41) is 0. The maximum absolute atomic E-state index is 13.4. The van der Waals surface area contributed by atoms with Crippen LogP contribution in [-0.4, -0.2) is 51.1 Å². The van der Waals surface area contributed by atoms with Gasteiger partial charge in [-0.2, -0.15) is 0 Å². The van der Waals surface area contributed by atoms with Crippen LogP contribution in [0.25, 0.3) is 11.4 Å². The molecule has 154 valence electrons. The zero-order valence-corrected chi connectivity index (χ0v) is 16.6. The summed E-state index contributed by atoms with van der Waals surface area (Å²) in [6.45, 7) is 2.68. The summed E-state index contributed by atoms with van der Waals surface area (Å²) in [7, 11) is 1.63. The minimum atomic E-state index is -0.748. The van der Waals surface area contributed by atoms with Crippen molar-refractivity contribution in [1.29, 1.82) is 0 Å². The molecular formula is C21H20FN5O3. The topological polar surface area (TPSA) is 90.2 Å². The van der Waals surface area contributed by atoms with E-state index in [0.717, 1.165) is 0 Å². The fourth-order valence-electron chi connectivity index (χ4n) is 3.45. The molecule has 1 fully saturated rings. The minimum Gasteiger partial charge on any atom is -0.366 e. The van der Waals surface area contributed by atoms with Gasteiger partial charge in [0.25, 0.3) is 5.56 Å². The number of carbonyl (C=O) groups excluding carboxylic acids is 1. The van der Waals surface area contributed by atoms with Gasteiger partial charge in [0, 0.05) is 31.4 Å². The molecule has 0 aliphatic carbocycles. The third-order valence-corrected chi connectivity index (χ3v) is 5.05. The Morgan fingerprint density at radius 3 is 2.80 bits per heavy atom. The highest BCUT2D eigenvalue weighted by atomic mass is 19.1. The molecule has 0 saturated carbocycles. The number of ketones is 1. The number of carbonyl (C=O) groups is 1. The average Bonchev–Trinajstić information content (AvgIpc) is 2.76. The van der Waals surface area contributed by atoms with E-state index in [-0.39, 0.29) is 17.9 Å². The van der Waals surface area contributed by atoms with Crippen LogP contribution in [0.3, 0.4) is 0 Å². The zero-order chi connectivity index (χ0) is 21.3. The van der Waals surface area contributed by atoms with Crippen molar-refractivity contribution in [2.24, 2.45) is 7.05 Å². The largest absolute Gasteiger partial charge is 0.366 e. The Hall–Kier alpha value is -3.46. The highest BCUT2D eigenvalue weighted by molar-refractivity contribution is 6.01. The first-order valence-corrected chi connectivity index (χ1v) is 9.45. The van der Waals surface area contributed by atoms with Gasteiger partial charge >= 0.3 is 0 Å². The second-order valence-electron chi connectivity index (χ2n) is 7.06. The molecule has 1 aromatic carbocycles. The highest BCUT2D eigenvalue weighted by Crippen LogP contribution is 2.21. The molecule has 0 amide bonds. The monoisotopic (exact) mass is 409 g/mol. The van der Waals surface area contributed by atoms with Crippen LogP contribution in [0.15, 0.2) is 47.7 Å². The quantitative estimate of drug-likeness (QED) is 0.607. The molecule has 30 heavy (non-hydrogen) atoms. The number of benzene rings is 1. The SMILES string of the molecule is Cc1cc(F)ccc1C(=O)C1CN(c2nc(-c3ccncn3)cc(=O)n2C)CCO1. The number of nitrogens with zero attached hydrogens (tertiary/aromatic N) is 5. The molecule has 9 heteroatoms. The lowest BCUT2D eigenvalue weighted by Gasteiger charge is -2.33.